The zero-order valence-electron chi connectivity index (χ0n) is 7.67. The minimum absolute atomic E-state index is 0. The first-order valence-electron chi connectivity index (χ1n) is 4.90. The van der Waals surface area contributed by atoms with Crippen molar-refractivity contribution in [3.8, 4) is 0 Å². The minimum Gasteiger partial charge on any atom is -0.344 e. The third kappa shape index (κ3) is 1.56. The molecule has 4 bridgehead atoms. The predicted molar refractivity (Wildman–Crippen MR) is 57.0 cm³/mol. The molecule has 0 unspecified atom stereocenters. The molecule has 0 aromatic rings. The Hall–Kier alpha value is 0.440. The van der Waals surface area contributed by atoms with Crippen molar-refractivity contribution < 1.29 is 0 Å². The summed E-state index contributed by atoms with van der Waals surface area (Å²) in [6.45, 7) is 0. The van der Waals surface area contributed by atoms with Gasteiger partial charge in [-0.3, -0.25) is 0 Å². The monoisotopic (exact) mass is 233 g/mol. The summed E-state index contributed by atoms with van der Waals surface area (Å²) >= 11 is 0. The minimum atomic E-state index is 0. The molecule has 72 valence electrons. The van der Waals surface area contributed by atoms with Crippen molar-refractivity contribution >= 4 is 17.0 Å². The smallest absolute Gasteiger partial charge is 0.0406 e. The van der Waals surface area contributed by atoms with E-state index < -0.39 is 0 Å². The summed E-state index contributed by atoms with van der Waals surface area (Å²) in [5, 5.41) is 0. The number of rotatable bonds is 0. The van der Waals surface area contributed by atoms with Gasteiger partial charge in [0, 0.05) is 0 Å². The van der Waals surface area contributed by atoms with Gasteiger partial charge in [0.15, 0.2) is 0 Å². The number of hydrogen-bond donors (Lipinski definition) is 1. The second-order valence-corrected chi connectivity index (χ2v) is 4.88. The molecule has 3 N–H and O–H groups in total. The van der Waals surface area contributed by atoms with Gasteiger partial charge >= 0.3 is 0 Å². The largest absolute Gasteiger partial charge is 0.344 e. The van der Waals surface area contributed by atoms with E-state index in [1.54, 1.807) is 38.5 Å². The lowest BCUT2D eigenvalue weighted by Gasteiger charge is -2.49. The lowest BCUT2D eigenvalue weighted by Crippen LogP contribution is -2.38. The standard InChI is InChI=1S/C10H16.BrH.H3N/c1-7-2-9-4-8(1)5-10(3-7)6-9;;/h7-10H,1-6H2;1H;1H3. The Labute approximate surface area is 85.7 Å². The lowest BCUT2D eigenvalue weighted by atomic mass is 9.56. The summed E-state index contributed by atoms with van der Waals surface area (Å²) in [5.74, 6) is 4.71. The van der Waals surface area contributed by atoms with E-state index in [4.69, 9.17) is 0 Å². The molecule has 4 aliphatic carbocycles. The first-order chi connectivity index (χ1) is 4.90. The molecule has 0 aliphatic heterocycles. The van der Waals surface area contributed by atoms with Crippen LogP contribution in [0.4, 0.5) is 0 Å². The highest BCUT2D eigenvalue weighted by atomic mass is 79.9. The normalized spacial score (nSPS) is 48.0. The van der Waals surface area contributed by atoms with Crippen LogP contribution in [0.25, 0.3) is 0 Å². The van der Waals surface area contributed by atoms with Gasteiger partial charge in [-0.15, -0.1) is 17.0 Å². The highest BCUT2D eigenvalue weighted by Gasteiger charge is 2.41. The van der Waals surface area contributed by atoms with Crippen LogP contribution in [0.3, 0.4) is 0 Å². The lowest BCUT2D eigenvalue weighted by molar-refractivity contribution is 0.0198. The average Bonchev–Trinajstić information content (AvgIpc) is 1.82. The maximum Gasteiger partial charge on any atom is -0.0406 e. The van der Waals surface area contributed by atoms with E-state index in [9.17, 15) is 0 Å². The molecule has 4 fully saturated rings. The molecular formula is C10H20BrN. The molecule has 1 nitrogen and oxygen atoms in total. The van der Waals surface area contributed by atoms with E-state index in [2.05, 4.69) is 0 Å². The quantitative estimate of drug-likeness (QED) is 0.683. The van der Waals surface area contributed by atoms with Crippen LogP contribution in [-0.4, -0.2) is 0 Å². The zero-order chi connectivity index (χ0) is 6.55. The van der Waals surface area contributed by atoms with Gasteiger partial charge in [0.1, 0.15) is 0 Å². The zero-order valence-corrected chi connectivity index (χ0v) is 9.38. The van der Waals surface area contributed by atoms with Crippen molar-refractivity contribution in [2.75, 3.05) is 0 Å². The maximum absolute atomic E-state index is 1.60. The van der Waals surface area contributed by atoms with E-state index in [0.29, 0.717) is 0 Å². The van der Waals surface area contributed by atoms with Crippen molar-refractivity contribution in [1.82, 2.24) is 6.15 Å². The molecular weight excluding hydrogens is 214 g/mol. The van der Waals surface area contributed by atoms with Gasteiger partial charge in [-0.2, -0.15) is 0 Å². The molecule has 0 amide bonds. The van der Waals surface area contributed by atoms with E-state index in [-0.39, 0.29) is 23.1 Å². The third-order valence-electron chi connectivity index (χ3n) is 4.00. The Bertz CT molecular complexity index is 101. The second kappa shape index (κ2) is 3.67. The summed E-state index contributed by atoms with van der Waals surface area (Å²) in [7, 11) is 0. The molecule has 2 heteroatoms. The van der Waals surface area contributed by atoms with Crippen LogP contribution < -0.4 is 6.15 Å². The van der Waals surface area contributed by atoms with E-state index in [0.717, 1.165) is 0 Å². The Morgan fingerprint density at radius 1 is 0.500 bits per heavy atom. The van der Waals surface area contributed by atoms with Gasteiger partial charge in [-0.25, -0.2) is 0 Å². The summed E-state index contributed by atoms with van der Waals surface area (Å²) in [4.78, 5) is 0. The Balaban J connectivity index is 0.000000360. The third-order valence-corrected chi connectivity index (χ3v) is 4.00. The first-order valence-corrected chi connectivity index (χ1v) is 4.90. The number of hydrogen-bond acceptors (Lipinski definition) is 1. The van der Waals surface area contributed by atoms with Crippen LogP contribution in [-0.2, 0) is 0 Å². The van der Waals surface area contributed by atoms with Gasteiger partial charge in [-0.1, -0.05) is 0 Å². The molecule has 0 aromatic carbocycles. The van der Waals surface area contributed by atoms with Crippen molar-refractivity contribution in [2.45, 2.75) is 38.5 Å². The topological polar surface area (TPSA) is 35.0 Å². The average molecular weight is 234 g/mol. The highest BCUT2D eigenvalue weighted by Crippen LogP contribution is 2.53. The first kappa shape index (κ1) is 10.5. The summed E-state index contributed by atoms with van der Waals surface area (Å²) in [6, 6.07) is 0. The van der Waals surface area contributed by atoms with Gasteiger partial charge in [0.2, 0.25) is 0 Å². The fourth-order valence-corrected chi connectivity index (χ4v) is 3.98. The predicted octanol–water partition coefficient (Wildman–Crippen LogP) is 3.57. The molecule has 4 saturated carbocycles. The number of halogens is 1. The molecule has 0 radical (unpaired) electrons. The van der Waals surface area contributed by atoms with Crippen LogP contribution in [0.2, 0.25) is 0 Å². The molecule has 0 saturated heterocycles. The van der Waals surface area contributed by atoms with Gasteiger partial charge in [0.05, 0.1) is 0 Å². The van der Waals surface area contributed by atoms with Crippen molar-refractivity contribution in [1.29, 1.82) is 0 Å². The maximum atomic E-state index is 1.60. The van der Waals surface area contributed by atoms with Crippen LogP contribution in [0, 0.1) is 23.7 Å². The van der Waals surface area contributed by atoms with Crippen LogP contribution in [0.15, 0.2) is 0 Å². The molecule has 4 rings (SSSR count). The van der Waals surface area contributed by atoms with Crippen LogP contribution in [0.1, 0.15) is 38.5 Å². The van der Waals surface area contributed by atoms with E-state index >= 15 is 0 Å². The summed E-state index contributed by atoms with van der Waals surface area (Å²) in [5.41, 5.74) is 0. The SMILES string of the molecule is Br.C1C2CC3CC1CC(C2)C3.N. The van der Waals surface area contributed by atoms with Crippen molar-refractivity contribution in [3.05, 3.63) is 0 Å². The Kier molecular flexibility index (Phi) is 3.21. The fourth-order valence-electron chi connectivity index (χ4n) is 3.98. The summed E-state index contributed by atoms with van der Waals surface area (Å²) in [6.07, 6.45) is 9.62. The van der Waals surface area contributed by atoms with Gasteiger partial charge in [-0.05, 0) is 62.2 Å². The van der Waals surface area contributed by atoms with Gasteiger partial charge in [0.25, 0.3) is 0 Å². The Morgan fingerprint density at radius 3 is 0.833 bits per heavy atom. The molecule has 12 heavy (non-hydrogen) atoms. The van der Waals surface area contributed by atoms with Crippen molar-refractivity contribution in [3.63, 3.8) is 0 Å². The molecule has 0 atom stereocenters. The molecule has 4 aliphatic rings. The molecule has 0 aromatic heterocycles. The Morgan fingerprint density at radius 2 is 0.667 bits per heavy atom. The highest BCUT2D eigenvalue weighted by molar-refractivity contribution is 8.93. The van der Waals surface area contributed by atoms with Crippen LogP contribution in [0.5, 0.6) is 0 Å². The van der Waals surface area contributed by atoms with E-state index in [1.807, 2.05) is 0 Å². The molecule has 0 heterocycles. The second-order valence-electron chi connectivity index (χ2n) is 4.88. The van der Waals surface area contributed by atoms with Crippen molar-refractivity contribution in [2.24, 2.45) is 23.7 Å². The summed E-state index contributed by atoms with van der Waals surface area (Å²) < 4.78 is 0. The van der Waals surface area contributed by atoms with Crippen LogP contribution >= 0.6 is 17.0 Å². The van der Waals surface area contributed by atoms with E-state index in [1.165, 1.54) is 23.7 Å². The molecule has 0 spiro atoms. The fraction of sp³-hybridized carbons (Fsp3) is 1.00. The van der Waals surface area contributed by atoms with Gasteiger partial charge < -0.3 is 6.15 Å².